The van der Waals surface area contributed by atoms with Gasteiger partial charge in [0.1, 0.15) is 0 Å². The van der Waals surface area contributed by atoms with Crippen molar-refractivity contribution in [1.29, 1.82) is 0 Å². The Morgan fingerprint density at radius 3 is 1.86 bits per heavy atom. The zero-order valence-corrected chi connectivity index (χ0v) is 14.9. The number of unbranched alkanes of at least 4 members (excludes halogenated alkanes) is 9. The molecule has 0 spiro atoms. The first-order valence-corrected chi connectivity index (χ1v) is 9.56. The smallest absolute Gasteiger partial charge is 0.0163 e. The van der Waals surface area contributed by atoms with Gasteiger partial charge in [-0.1, -0.05) is 76.2 Å². The zero-order chi connectivity index (χ0) is 16.3. The number of rotatable bonds is 16. The summed E-state index contributed by atoms with van der Waals surface area (Å²) in [5.41, 5.74) is 11.3. The van der Waals surface area contributed by atoms with E-state index in [0.717, 1.165) is 12.8 Å². The quantitative estimate of drug-likeness (QED) is 0.293. The second-order valence-electron chi connectivity index (χ2n) is 6.37. The van der Waals surface area contributed by atoms with Crippen LogP contribution in [-0.4, -0.2) is 12.6 Å². The lowest BCUT2D eigenvalue weighted by Gasteiger charge is -2.07. The van der Waals surface area contributed by atoms with Gasteiger partial charge in [0.25, 0.3) is 0 Å². The molecule has 0 aromatic rings. The highest BCUT2D eigenvalue weighted by atomic mass is 14.7. The van der Waals surface area contributed by atoms with Crippen LogP contribution in [0.1, 0.15) is 90.4 Å². The molecule has 0 aromatic heterocycles. The molecular weight excluding hydrogens is 268 g/mol. The Bertz CT molecular complexity index is 258. The van der Waals surface area contributed by atoms with Crippen LogP contribution in [0.5, 0.6) is 0 Å². The Labute approximate surface area is 139 Å². The predicted molar refractivity (Wildman–Crippen MR) is 101 cm³/mol. The first-order chi connectivity index (χ1) is 10.8. The van der Waals surface area contributed by atoms with Gasteiger partial charge < -0.3 is 11.5 Å². The average Bonchev–Trinajstić information content (AvgIpc) is 2.54. The summed E-state index contributed by atoms with van der Waals surface area (Å²) in [6, 6.07) is 0.214. The zero-order valence-electron chi connectivity index (χ0n) is 14.9. The average molecular weight is 309 g/mol. The molecule has 130 valence electrons. The number of nitrogens with two attached hydrogens (primary N) is 2. The third-order valence-corrected chi connectivity index (χ3v) is 4.08. The van der Waals surface area contributed by atoms with Crippen LogP contribution >= 0.6 is 0 Å². The molecule has 0 aromatic carbocycles. The number of hydrogen-bond donors (Lipinski definition) is 2. The van der Waals surface area contributed by atoms with Gasteiger partial charge in [-0.05, 0) is 38.5 Å². The molecule has 0 aliphatic carbocycles. The van der Waals surface area contributed by atoms with Gasteiger partial charge >= 0.3 is 0 Å². The fourth-order valence-electron chi connectivity index (χ4n) is 2.51. The van der Waals surface area contributed by atoms with Crippen LogP contribution in [0.25, 0.3) is 0 Å². The van der Waals surface area contributed by atoms with E-state index in [1.54, 1.807) is 0 Å². The third-order valence-electron chi connectivity index (χ3n) is 4.08. The first kappa shape index (κ1) is 21.4. The van der Waals surface area contributed by atoms with Crippen molar-refractivity contribution in [2.45, 2.75) is 96.4 Å². The molecule has 0 saturated carbocycles. The summed E-state index contributed by atoms with van der Waals surface area (Å²) in [4.78, 5) is 0. The molecule has 2 nitrogen and oxygen atoms in total. The number of allylic oxidation sites excluding steroid dienone is 4. The Morgan fingerprint density at radius 1 is 0.727 bits per heavy atom. The molecule has 0 heterocycles. The van der Waals surface area contributed by atoms with Gasteiger partial charge in [-0.25, -0.2) is 0 Å². The van der Waals surface area contributed by atoms with Crippen LogP contribution in [-0.2, 0) is 0 Å². The molecule has 2 heteroatoms. The lowest BCUT2D eigenvalue weighted by molar-refractivity contribution is 0.536. The lowest BCUT2D eigenvalue weighted by Crippen LogP contribution is -2.29. The minimum absolute atomic E-state index is 0.214. The van der Waals surface area contributed by atoms with Crippen molar-refractivity contribution >= 4 is 0 Å². The third kappa shape index (κ3) is 17.5. The van der Waals surface area contributed by atoms with E-state index < -0.39 is 0 Å². The SMILES string of the molecule is CCCCCC=CCC=CCCCCCCCCC(N)CN. The maximum absolute atomic E-state index is 5.80. The highest BCUT2D eigenvalue weighted by Crippen LogP contribution is 2.09. The van der Waals surface area contributed by atoms with Crippen molar-refractivity contribution in [3.8, 4) is 0 Å². The predicted octanol–water partition coefficient (Wildman–Crippen LogP) is 5.48. The lowest BCUT2D eigenvalue weighted by atomic mass is 10.1. The van der Waals surface area contributed by atoms with E-state index in [2.05, 4.69) is 31.2 Å². The molecular formula is C20H40N2. The molecule has 1 unspecified atom stereocenters. The van der Waals surface area contributed by atoms with Crippen LogP contribution in [0.4, 0.5) is 0 Å². The Hall–Kier alpha value is -0.600. The van der Waals surface area contributed by atoms with Gasteiger partial charge in [-0.2, -0.15) is 0 Å². The number of hydrogen-bond acceptors (Lipinski definition) is 2. The van der Waals surface area contributed by atoms with Crippen LogP contribution in [0.15, 0.2) is 24.3 Å². The van der Waals surface area contributed by atoms with Gasteiger partial charge in [0.2, 0.25) is 0 Å². The normalized spacial score (nSPS) is 13.4. The Balaban J connectivity index is 3.17. The van der Waals surface area contributed by atoms with Crippen LogP contribution in [0.2, 0.25) is 0 Å². The van der Waals surface area contributed by atoms with Gasteiger partial charge in [0.15, 0.2) is 0 Å². The second kappa shape index (κ2) is 18.4. The largest absolute Gasteiger partial charge is 0.329 e. The summed E-state index contributed by atoms with van der Waals surface area (Å²) in [5.74, 6) is 0. The van der Waals surface area contributed by atoms with Crippen molar-refractivity contribution < 1.29 is 0 Å². The molecule has 0 rings (SSSR count). The van der Waals surface area contributed by atoms with Gasteiger partial charge in [0, 0.05) is 12.6 Å². The molecule has 4 N–H and O–H groups in total. The second-order valence-corrected chi connectivity index (χ2v) is 6.37. The van der Waals surface area contributed by atoms with E-state index in [4.69, 9.17) is 11.5 Å². The van der Waals surface area contributed by atoms with Crippen LogP contribution in [0, 0.1) is 0 Å². The molecule has 0 bridgehead atoms. The monoisotopic (exact) mass is 308 g/mol. The van der Waals surface area contributed by atoms with E-state index in [0.29, 0.717) is 6.54 Å². The highest BCUT2D eigenvalue weighted by Gasteiger charge is 1.98. The molecule has 0 amide bonds. The minimum Gasteiger partial charge on any atom is -0.329 e. The molecule has 0 saturated heterocycles. The van der Waals surface area contributed by atoms with E-state index in [9.17, 15) is 0 Å². The molecule has 0 radical (unpaired) electrons. The molecule has 22 heavy (non-hydrogen) atoms. The minimum atomic E-state index is 0.214. The van der Waals surface area contributed by atoms with Crippen molar-refractivity contribution in [1.82, 2.24) is 0 Å². The topological polar surface area (TPSA) is 52.0 Å². The van der Waals surface area contributed by atoms with Gasteiger partial charge in [-0.15, -0.1) is 0 Å². The molecule has 0 fully saturated rings. The van der Waals surface area contributed by atoms with Gasteiger partial charge in [0.05, 0.1) is 0 Å². The maximum atomic E-state index is 5.80. The van der Waals surface area contributed by atoms with E-state index in [1.807, 2.05) is 0 Å². The van der Waals surface area contributed by atoms with E-state index in [1.165, 1.54) is 70.6 Å². The molecule has 0 aliphatic heterocycles. The standard InChI is InChI=1S/C20H40N2/c1-2-3-4-5-6-7-8-9-10-11-12-13-14-15-16-17-18-20(22)19-21/h6-7,9-10,20H,2-5,8,11-19,21-22H2,1H3. The fraction of sp³-hybridized carbons (Fsp3) is 0.800. The summed E-state index contributed by atoms with van der Waals surface area (Å²) in [7, 11) is 0. The van der Waals surface area contributed by atoms with Crippen molar-refractivity contribution in [3.05, 3.63) is 24.3 Å². The van der Waals surface area contributed by atoms with Gasteiger partial charge in [-0.3, -0.25) is 0 Å². The van der Waals surface area contributed by atoms with E-state index in [-0.39, 0.29) is 6.04 Å². The summed E-state index contributed by atoms with van der Waals surface area (Å²) in [5, 5.41) is 0. The highest BCUT2D eigenvalue weighted by molar-refractivity contribution is 4.92. The first-order valence-electron chi connectivity index (χ1n) is 9.56. The van der Waals surface area contributed by atoms with Crippen LogP contribution < -0.4 is 11.5 Å². The Morgan fingerprint density at radius 2 is 1.27 bits per heavy atom. The van der Waals surface area contributed by atoms with Crippen molar-refractivity contribution in [3.63, 3.8) is 0 Å². The summed E-state index contributed by atoms with van der Waals surface area (Å²) in [6.45, 7) is 2.88. The van der Waals surface area contributed by atoms with Crippen LogP contribution in [0.3, 0.4) is 0 Å². The maximum Gasteiger partial charge on any atom is 0.0163 e. The van der Waals surface area contributed by atoms with E-state index >= 15 is 0 Å². The molecule has 1 atom stereocenters. The summed E-state index contributed by atoms with van der Waals surface area (Å²) < 4.78 is 0. The summed E-state index contributed by atoms with van der Waals surface area (Å²) in [6.07, 6.45) is 25.9. The Kier molecular flexibility index (Phi) is 17.9. The molecule has 0 aliphatic rings. The van der Waals surface area contributed by atoms with Crippen molar-refractivity contribution in [2.75, 3.05) is 6.54 Å². The summed E-state index contributed by atoms with van der Waals surface area (Å²) >= 11 is 0. The van der Waals surface area contributed by atoms with Crippen molar-refractivity contribution in [2.24, 2.45) is 11.5 Å². The fourth-order valence-corrected chi connectivity index (χ4v) is 2.51.